The Morgan fingerprint density at radius 2 is 1.50 bits per heavy atom. The van der Waals surface area contributed by atoms with Crippen molar-refractivity contribution in [3.8, 4) is 0 Å². The molecule has 2 atom stereocenters. The van der Waals surface area contributed by atoms with Gasteiger partial charge in [-0.1, -0.05) is 83.1 Å². The molecule has 0 bridgehead atoms. The highest BCUT2D eigenvalue weighted by molar-refractivity contribution is 5.35. The minimum Gasteiger partial charge on any atom is -0.0654 e. The number of hydrogen-bond donors (Lipinski definition) is 0. The fourth-order valence-corrected chi connectivity index (χ4v) is 3.74. The van der Waals surface area contributed by atoms with Gasteiger partial charge in [0, 0.05) is 0 Å². The standard InChI is InChI=1S/C20H32/c1-3-4-5-6-7-8-9-12-18-16-15-17(2)19-13-10-11-14-20(18)19/h10-11,13-14,17-18H,3-9,12,15-16H2,1-2H3. The normalized spacial score (nSPS) is 21.7. The lowest BCUT2D eigenvalue weighted by atomic mass is 9.75. The number of benzene rings is 1. The zero-order valence-corrected chi connectivity index (χ0v) is 13.5. The van der Waals surface area contributed by atoms with Gasteiger partial charge in [-0.3, -0.25) is 0 Å². The molecule has 1 aliphatic carbocycles. The van der Waals surface area contributed by atoms with Crippen molar-refractivity contribution in [2.45, 2.75) is 89.9 Å². The summed E-state index contributed by atoms with van der Waals surface area (Å²) in [7, 11) is 0. The van der Waals surface area contributed by atoms with Crippen LogP contribution in [-0.4, -0.2) is 0 Å². The smallest absolute Gasteiger partial charge is 0.0159 e. The van der Waals surface area contributed by atoms with E-state index < -0.39 is 0 Å². The highest BCUT2D eigenvalue weighted by Crippen LogP contribution is 2.40. The van der Waals surface area contributed by atoms with Gasteiger partial charge >= 0.3 is 0 Å². The van der Waals surface area contributed by atoms with Gasteiger partial charge in [0.05, 0.1) is 0 Å². The van der Waals surface area contributed by atoms with Crippen LogP contribution >= 0.6 is 0 Å². The third kappa shape index (κ3) is 4.36. The lowest BCUT2D eigenvalue weighted by Crippen LogP contribution is -2.12. The van der Waals surface area contributed by atoms with Gasteiger partial charge in [0.25, 0.3) is 0 Å². The van der Waals surface area contributed by atoms with Gasteiger partial charge in [-0.2, -0.15) is 0 Å². The first-order chi connectivity index (χ1) is 9.83. The second-order valence-corrected chi connectivity index (χ2v) is 6.71. The summed E-state index contributed by atoms with van der Waals surface area (Å²) in [6.07, 6.45) is 14.2. The molecule has 0 N–H and O–H groups in total. The van der Waals surface area contributed by atoms with Gasteiger partial charge in [0.15, 0.2) is 0 Å². The minimum absolute atomic E-state index is 0.775. The molecule has 112 valence electrons. The summed E-state index contributed by atoms with van der Waals surface area (Å²) in [6.45, 7) is 4.68. The van der Waals surface area contributed by atoms with Crippen LogP contribution in [0.4, 0.5) is 0 Å². The first-order valence-electron chi connectivity index (χ1n) is 8.91. The Morgan fingerprint density at radius 1 is 0.850 bits per heavy atom. The van der Waals surface area contributed by atoms with E-state index in [0.717, 1.165) is 11.8 Å². The molecule has 0 spiro atoms. The molecule has 0 amide bonds. The van der Waals surface area contributed by atoms with Gasteiger partial charge in [0.1, 0.15) is 0 Å². The quantitative estimate of drug-likeness (QED) is 0.456. The van der Waals surface area contributed by atoms with E-state index in [1.807, 2.05) is 0 Å². The average molecular weight is 272 g/mol. The number of unbranched alkanes of at least 4 members (excludes halogenated alkanes) is 6. The molecule has 2 rings (SSSR count). The number of fused-ring (bicyclic) bond motifs is 1. The van der Waals surface area contributed by atoms with Crippen molar-refractivity contribution >= 4 is 0 Å². The lowest BCUT2D eigenvalue weighted by Gasteiger charge is -2.29. The zero-order chi connectivity index (χ0) is 14.2. The summed E-state index contributed by atoms with van der Waals surface area (Å²) >= 11 is 0. The van der Waals surface area contributed by atoms with E-state index in [-0.39, 0.29) is 0 Å². The van der Waals surface area contributed by atoms with Crippen LogP contribution < -0.4 is 0 Å². The molecule has 0 nitrogen and oxygen atoms in total. The van der Waals surface area contributed by atoms with Crippen molar-refractivity contribution in [3.05, 3.63) is 35.4 Å². The molecule has 0 heterocycles. The van der Waals surface area contributed by atoms with Crippen LogP contribution in [0.3, 0.4) is 0 Å². The minimum atomic E-state index is 0.775. The maximum atomic E-state index is 2.39. The van der Waals surface area contributed by atoms with Crippen molar-refractivity contribution in [3.63, 3.8) is 0 Å². The van der Waals surface area contributed by atoms with E-state index >= 15 is 0 Å². The topological polar surface area (TPSA) is 0 Å². The summed E-state index contributed by atoms with van der Waals surface area (Å²) in [5.74, 6) is 1.62. The molecule has 2 unspecified atom stereocenters. The molecule has 0 radical (unpaired) electrons. The Morgan fingerprint density at radius 3 is 2.25 bits per heavy atom. The summed E-state index contributed by atoms with van der Waals surface area (Å²) in [4.78, 5) is 0. The third-order valence-corrected chi connectivity index (χ3v) is 5.07. The SMILES string of the molecule is CCCCCCCCCC1CCC(C)c2ccccc21. The molecule has 1 aromatic rings. The van der Waals surface area contributed by atoms with Crippen molar-refractivity contribution < 1.29 is 0 Å². The second-order valence-electron chi connectivity index (χ2n) is 6.71. The predicted molar refractivity (Wildman–Crippen MR) is 89.4 cm³/mol. The van der Waals surface area contributed by atoms with Gasteiger partial charge < -0.3 is 0 Å². The Hall–Kier alpha value is -0.780. The van der Waals surface area contributed by atoms with Crippen molar-refractivity contribution in [1.82, 2.24) is 0 Å². The van der Waals surface area contributed by atoms with Crippen LogP contribution in [0, 0.1) is 0 Å². The van der Waals surface area contributed by atoms with Crippen molar-refractivity contribution in [1.29, 1.82) is 0 Å². The maximum absolute atomic E-state index is 2.39. The largest absolute Gasteiger partial charge is 0.0654 e. The molecule has 0 saturated heterocycles. The van der Waals surface area contributed by atoms with Crippen molar-refractivity contribution in [2.24, 2.45) is 0 Å². The summed E-state index contributed by atoms with van der Waals surface area (Å²) in [5, 5.41) is 0. The van der Waals surface area contributed by atoms with Crippen LogP contribution in [0.1, 0.15) is 101 Å². The van der Waals surface area contributed by atoms with E-state index in [2.05, 4.69) is 38.1 Å². The Bertz CT molecular complexity index is 379. The summed E-state index contributed by atoms with van der Waals surface area (Å²) in [5.41, 5.74) is 3.30. The van der Waals surface area contributed by atoms with E-state index in [1.165, 1.54) is 64.2 Å². The van der Waals surface area contributed by atoms with E-state index in [1.54, 1.807) is 11.1 Å². The fraction of sp³-hybridized carbons (Fsp3) is 0.700. The Kier molecular flexibility index (Phi) is 6.63. The van der Waals surface area contributed by atoms with Crippen LogP contribution in [0.25, 0.3) is 0 Å². The van der Waals surface area contributed by atoms with Crippen LogP contribution in [0.2, 0.25) is 0 Å². The highest BCUT2D eigenvalue weighted by Gasteiger charge is 2.23. The maximum Gasteiger partial charge on any atom is -0.0159 e. The summed E-state index contributed by atoms with van der Waals surface area (Å²) < 4.78 is 0. The Balaban J connectivity index is 1.73. The molecule has 0 fully saturated rings. The third-order valence-electron chi connectivity index (χ3n) is 5.07. The van der Waals surface area contributed by atoms with Gasteiger partial charge in [-0.15, -0.1) is 0 Å². The molecule has 20 heavy (non-hydrogen) atoms. The molecule has 0 heteroatoms. The molecular weight excluding hydrogens is 240 g/mol. The average Bonchev–Trinajstić information content (AvgIpc) is 2.49. The predicted octanol–water partition coefficient (Wildman–Crippen LogP) is 6.81. The van der Waals surface area contributed by atoms with Gasteiger partial charge in [0.2, 0.25) is 0 Å². The first-order valence-corrected chi connectivity index (χ1v) is 8.91. The number of rotatable bonds is 8. The van der Waals surface area contributed by atoms with Crippen LogP contribution in [0.15, 0.2) is 24.3 Å². The monoisotopic (exact) mass is 272 g/mol. The highest BCUT2D eigenvalue weighted by atomic mass is 14.3. The molecule has 0 saturated carbocycles. The van der Waals surface area contributed by atoms with Gasteiger partial charge in [-0.05, 0) is 42.2 Å². The second kappa shape index (κ2) is 8.49. The summed E-state index contributed by atoms with van der Waals surface area (Å²) in [6, 6.07) is 9.19. The van der Waals surface area contributed by atoms with Gasteiger partial charge in [-0.25, -0.2) is 0 Å². The van der Waals surface area contributed by atoms with E-state index in [0.29, 0.717) is 0 Å². The molecular formula is C20H32. The molecule has 0 aromatic heterocycles. The zero-order valence-electron chi connectivity index (χ0n) is 13.5. The molecule has 1 aromatic carbocycles. The first kappa shape index (κ1) is 15.6. The molecule has 1 aliphatic rings. The fourth-order valence-electron chi connectivity index (χ4n) is 3.74. The van der Waals surface area contributed by atoms with E-state index in [9.17, 15) is 0 Å². The van der Waals surface area contributed by atoms with Crippen molar-refractivity contribution in [2.75, 3.05) is 0 Å². The Labute approximate surface area is 126 Å². The van der Waals surface area contributed by atoms with Crippen LogP contribution in [0.5, 0.6) is 0 Å². The molecule has 0 aliphatic heterocycles. The number of hydrogen-bond acceptors (Lipinski definition) is 0. The van der Waals surface area contributed by atoms with E-state index in [4.69, 9.17) is 0 Å². The lowest BCUT2D eigenvalue weighted by molar-refractivity contribution is 0.455. The van der Waals surface area contributed by atoms with Crippen LogP contribution in [-0.2, 0) is 0 Å².